The first-order valence-electron chi connectivity index (χ1n) is 6.15. The summed E-state index contributed by atoms with van der Waals surface area (Å²) in [6.45, 7) is 1.84. The molecule has 1 atom stereocenters. The number of pyridine rings is 1. The van der Waals surface area contributed by atoms with Gasteiger partial charge < -0.3 is 9.47 Å². The maximum atomic E-state index is 11.4. The lowest BCUT2D eigenvalue weighted by Crippen LogP contribution is -2.15. The lowest BCUT2D eigenvalue weighted by molar-refractivity contribution is -0.144. The molecule has 1 aromatic heterocycles. The molecule has 0 saturated carbocycles. The maximum absolute atomic E-state index is 11.4. The molecule has 0 aliphatic rings. The van der Waals surface area contributed by atoms with Crippen LogP contribution in [0.15, 0.2) is 30.3 Å². The summed E-state index contributed by atoms with van der Waals surface area (Å²) in [7, 11) is 3.03. The smallest absolute Gasteiger partial charge is 0.308 e. The molecule has 0 spiro atoms. The van der Waals surface area contributed by atoms with E-state index in [0.29, 0.717) is 6.42 Å². The molecule has 2 aromatic rings. The molecule has 1 aromatic carbocycles. The summed E-state index contributed by atoms with van der Waals surface area (Å²) in [6, 6.07) is 9.70. The molecule has 0 fully saturated rings. The van der Waals surface area contributed by atoms with Gasteiger partial charge in [0.15, 0.2) is 0 Å². The van der Waals surface area contributed by atoms with Crippen LogP contribution in [0.4, 0.5) is 0 Å². The van der Waals surface area contributed by atoms with Crippen molar-refractivity contribution in [1.82, 2.24) is 4.98 Å². The minimum Gasteiger partial charge on any atom is -0.497 e. The summed E-state index contributed by atoms with van der Waals surface area (Å²) in [5, 5.41) is 1.05. The Morgan fingerprint density at radius 1 is 1.26 bits per heavy atom. The maximum Gasteiger partial charge on any atom is 0.308 e. The van der Waals surface area contributed by atoms with E-state index in [-0.39, 0.29) is 11.9 Å². The van der Waals surface area contributed by atoms with Gasteiger partial charge in [-0.1, -0.05) is 13.0 Å². The van der Waals surface area contributed by atoms with E-state index >= 15 is 0 Å². The molecular weight excluding hydrogens is 242 g/mol. The van der Waals surface area contributed by atoms with Crippen LogP contribution in [0.3, 0.4) is 0 Å². The third-order valence-electron chi connectivity index (χ3n) is 3.08. The van der Waals surface area contributed by atoms with Crippen LogP contribution >= 0.6 is 0 Å². The minimum absolute atomic E-state index is 0.194. The van der Waals surface area contributed by atoms with Crippen molar-refractivity contribution in [2.75, 3.05) is 14.2 Å². The zero-order chi connectivity index (χ0) is 13.8. The van der Waals surface area contributed by atoms with Crippen molar-refractivity contribution in [3.8, 4) is 5.75 Å². The number of nitrogens with zero attached hydrogens (tertiary/aromatic N) is 1. The van der Waals surface area contributed by atoms with Crippen LogP contribution in [0.1, 0.15) is 12.6 Å². The number of hydrogen-bond acceptors (Lipinski definition) is 4. The molecule has 1 heterocycles. The summed E-state index contributed by atoms with van der Waals surface area (Å²) < 4.78 is 9.91. The van der Waals surface area contributed by atoms with Crippen LogP contribution in [-0.2, 0) is 16.0 Å². The van der Waals surface area contributed by atoms with Gasteiger partial charge >= 0.3 is 5.97 Å². The molecule has 4 nitrogen and oxygen atoms in total. The number of rotatable bonds is 4. The second-order valence-electron chi connectivity index (χ2n) is 4.49. The number of methoxy groups -OCH3 is 2. The fourth-order valence-corrected chi connectivity index (χ4v) is 1.98. The normalized spacial score (nSPS) is 12.2. The number of carbonyl (C=O) groups is 1. The van der Waals surface area contributed by atoms with Crippen molar-refractivity contribution in [1.29, 1.82) is 0 Å². The third kappa shape index (κ3) is 3.02. The van der Waals surface area contributed by atoms with Gasteiger partial charge in [0.2, 0.25) is 0 Å². The lowest BCUT2D eigenvalue weighted by Gasteiger charge is -2.09. The predicted molar refractivity (Wildman–Crippen MR) is 73.2 cm³/mol. The fraction of sp³-hybridized carbons (Fsp3) is 0.333. The number of aromatic nitrogens is 1. The molecule has 1 unspecified atom stereocenters. The van der Waals surface area contributed by atoms with Gasteiger partial charge in [0.05, 0.1) is 25.7 Å². The molecule has 100 valence electrons. The van der Waals surface area contributed by atoms with Crippen molar-refractivity contribution in [2.24, 2.45) is 5.92 Å². The Balaban J connectivity index is 2.27. The van der Waals surface area contributed by atoms with Crippen LogP contribution in [0.2, 0.25) is 0 Å². The van der Waals surface area contributed by atoms with Gasteiger partial charge in [-0.15, -0.1) is 0 Å². The van der Waals surface area contributed by atoms with Crippen molar-refractivity contribution in [2.45, 2.75) is 13.3 Å². The van der Waals surface area contributed by atoms with Crippen LogP contribution < -0.4 is 4.74 Å². The number of benzene rings is 1. The van der Waals surface area contributed by atoms with Crippen molar-refractivity contribution < 1.29 is 14.3 Å². The zero-order valence-electron chi connectivity index (χ0n) is 11.3. The Morgan fingerprint density at radius 3 is 2.68 bits per heavy atom. The first-order chi connectivity index (χ1) is 9.13. The minimum atomic E-state index is -0.215. The third-order valence-corrected chi connectivity index (χ3v) is 3.08. The van der Waals surface area contributed by atoms with E-state index in [9.17, 15) is 4.79 Å². The van der Waals surface area contributed by atoms with E-state index in [1.165, 1.54) is 7.11 Å². The van der Waals surface area contributed by atoms with E-state index < -0.39 is 0 Å². The summed E-state index contributed by atoms with van der Waals surface area (Å²) in [5.74, 6) is 0.367. The number of esters is 1. The molecule has 0 bridgehead atoms. The van der Waals surface area contributed by atoms with Gasteiger partial charge in [0, 0.05) is 23.6 Å². The number of ether oxygens (including phenoxy) is 2. The highest BCUT2D eigenvalue weighted by Gasteiger charge is 2.14. The van der Waals surface area contributed by atoms with E-state index in [2.05, 4.69) is 4.98 Å². The molecule has 0 aliphatic heterocycles. The second kappa shape index (κ2) is 5.69. The number of fused-ring (bicyclic) bond motifs is 1. The molecule has 0 radical (unpaired) electrons. The predicted octanol–water partition coefficient (Wildman–Crippen LogP) is 2.60. The van der Waals surface area contributed by atoms with Crippen molar-refractivity contribution in [3.63, 3.8) is 0 Å². The monoisotopic (exact) mass is 259 g/mol. The summed E-state index contributed by atoms with van der Waals surface area (Å²) in [6.07, 6.45) is 0.569. The molecule has 0 N–H and O–H groups in total. The molecule has 0 saturated heterocycles. The van der Waals surface area contributed by atoms with Crippen LogP contribution in [0.5, 0.6) is 5.75 Å². The van der Waals surface area contributed by atoms with E-state index in [0.717, 1.165) is 22.3 Å². The highest BCUT2D eigenvalue weighted by atomic mass is 16.5. The lowest BCUT2D eigenvalue weighted by atomic mass is 10.0. The molecule has 0 aliphatic carbocycles. The molecule has 19 heavy (non-hydrogen) atoms. The molecule has 2 rings (SSSR count). The first kappa shape index (κ1) is 13.3. The van der Waals surface area contributed by atoms with Gasteiger partial charge in [-0.3, -0.25) is 9.78 Å². The van der Waals surface area contributed by atoms with E-state index in [1.54, 1.807) is 7.11 Å². The average Bonchev–Trinajstić information content (AvgIpc) is 2.45. The van der Waals surface area contributed by atoms with Gasteiger partial charge in [-0.25, -0.2) is 0 Å². The number of hydrogen-bond donors (Lipinski definition) is 0. The topological polar surface area (TPSA) is 48.4 Å². The van der Waals surface area contributed by atoms with Crippen LogP contribution in [0, 0.1) is 5.92 Å². The molecule has 4 heteroatoms. The van der Waals surface area contributed by atoms with E-state index in [4.69, 9.17) is 9.47 Å². The first-order valence-corrected chi connectivity index (χ1v) is 6.15. The Morgan fingerprint density at radius 2 is 2.00 bits per heavy atom. The highest BCUT2D eigenvalue weighted by Crippen LogP contribution is 2.20. The largest absolute Gasteiger partial charge is 0.497 e. The standard InChI is InChI=1S/C15H17NO3/c1-10(15(17)19-3)8-12-6-4-11-5-7-13(18-2)9-14(11)16-12/h4-7,9-10H,8H2,1-3H3. The molecule has 0 amide bonds. The van der Waals surface area contributed by atoms with Gasteiger partial charge in [-0.05, 0) is 18.2 Å². The average molecular weight is 259 g/mol. The second-order valence-corrected chi connectivity index (χ2v) is 4.49. The summed E-state index contributed by atoms with van der Waals surface area (Å²) >= 11 is 0. The van der Waals surface area contributed by atoms with Gasteiger partial charge in [0.1, 0.15) is 5.75 Å². The number of carbonyl (C=O) groups excluding carboxylic acids is 1. The molecular formula is C15H17NO3. The van der Waals surface area contributed by atoms with Crippen molar-refractivity contribution in [3.05, 3.63) is 36.0 Å². The Kier molecular flexibility index (Phi) is 4.00. The Labute approximate surface area is 112 Å². The van der Waals surface area contributed by atoms with Crippen LogP contribution in [-0.4, -0.2) is 25.2 Å². The van der Waals surface area contributed by atoms with Crippen molar-refractivity contribution >= 4 is 16.9 Å². The van der Waals surface area contributed by atoms with Gasteiger partial charge in [-0.2, -0.15) is 0 Å². The highest BCUT2D eigenvalue weighted by molar-refractivity contribution is 5.80. The Hall–Kier alpha value is -2.10. The SMILES string of the molecule is COC(=O)C(C)Cc1ccc2ccc(OC)cc2n1. The summed E-state index contributed by atoms with van der Waals surface area (Å²) in [4.78, 5) is 16.0. The summed E-state index contributed by atoms with van der Waals surface area (Å²) in [5.41, 5.74) is 1.74. The van der Waals surface area contributed by atoms with Gasteiger partial charge in [0.25, 0.3) is 0 Å². The quantitative estimate of drug-likeness (QED) is 0.792. The van der Waals surface area contributed by atoms with E-state index in [1.807, 2.05) is 37.3 Å². The zero-order valence-corrected chi connectivity index (χ0v) is 11.3. The van der Waals surface area contributed by atoms with Crippen LogP contribution in [0.25, 0.3) is 10.9 Å². The Bertz CT molecular complexity index is 595. The fourth-order valence-electron chi connectivity index (χ4n) is 1.98.